The van der Waals surface area contributed by atoms with Gasteiger partial charge < -0.3 is 15.0 Å². The highest BCUT2D eigenvalue weighted by atomic mass is 79.9. The number of nitrogens with zero attached hydrogens (tertiary/aromatic N) is 1. The van der Waals surface area contributed by atoms with Gasteiger partial charge >= 0.3 is 6.03 Å². The first-order valence-corrected chi connectivity index (χ1v) is 9.12. The van der Waals surface area contributed by atoms with Crippen molar-refractivity contribution in [2.24, 2.45) is 0 Å². The molecule has 1 unspecified atom stereocenters. The Hall–Kier alpha value is -1.07. The summed E-state index contributed by atoms with van der Waals surface area (Å²) >= 11 is 3.46. The van der Waals surface area contributed by atoms with Crippen molar-refractivity contribution in [3.05, 3.63) is 34.3 Å². The van der Waals surface area contributed by atoms with Gasteiger partial charge in [-0.05, 0) is 37.5 Å². The van der Waals surface area contributed by atoms with Gasteiger partial charge in [0, 0.05) is 36.1 Å². The van der Waals surface area contributed by atoms with Crippen LogP contribution in [0.1, 0.15) is 39.2 Å². The number of urea groups is 1. The van der Waals surface area contributed by atoms with Crippen molar-refractivity contribution in [3.8, 4) is 0 Å². The van der Waals surface area contributed by atoms with Gasteiger partial charge in [0.2, 0.25) is 0 Å². The lowest BCUT2D eigenvalue weighted by Crippen LogP contribution is -2.47. The highest BCUT2D eigenvalue weighted by Gasteiger charge is 2.25. The lowest BCUT2D eigenvalue weighted by molar-refractivity contribution is 0.0824. The van der Waals surface area contributed by atoms with Crippen LogP contribution < -0.4 is 5.32 Å². The zero-order valence-corrected chi connectivity index (χ0v) is 15.9. The molecule has 128 valence electrons. The summed E-state index contributed by atoms with van der Waals surface area (Å²) in [7, 11) is 0. The normalized spacial score (nSPS) is 18.0. The highest BCUT2D eigenvalue weighted by Crippen LogP contribution is 2.24. The SMILES string of the molecule is CCN(CC1CCCO1)C(=O)NCC(C)(C)c1ccc(Br)cc1. The van der Waals surface area contributed by atoms with Crippen molar-refractivity contribution >= 4 is 22.0 Å². The third-order valence-electron chi connectivity index (χ3n) is 4.42. The summed E-state index contributed by atoms with van der Waals surface area (Å²) in [5.41, 5.74) is 1.10. The smallest absolute Gasteiger partial charge is 0.317 e. The second-order valence-electron chi connectivity index (χ2n) is 6.72. The van der Waals surface area contributed by atoms with Crippen LogP contribution in [-0.4, -0.2) is 43.3 Å². The van der Waals surface area contributed by atoms with E-state index in [2.05, 4.69) is 47.2 Å². The molecule has 5 heteroatoms. The predicted molar refractivity (Wildman–Crippen MR) is 96.8 cm³/mol. The summed E-state index contributed by atoms with van der Waals surface area (Å²) in [6, 6.07) is 8.26. The summed E-state index contributed by atoms with van der Waals surface area (Å²) in [5, 5.41) is 3.08. The lowest BCUT2D eigenvalue weighted by Gasteiger charge is -2.29. The second-order valence-corrected chi connectivity index (χ2v) is 7.64. The third kappa shape index (κ3) is 5.21. The molecule has 0 bridgehead atoms. The molecule has 1 heterocycles. The van der Waals surface area contributed by atoms with E-state index in [1.54, 1.807) is 0 Å². The maximum Gasteiger partial charge on any atom is 0.317 e. The minimum Gasteiger partial charge on any atom is -0.376 e. The van der Waals surface area contributed by atoms with E-state index in [-0.39, 0.29) is 17.6 Å². The molecule has 23 heavy (non-hydrogen) atoms. The summed E-state index contributed by atoms with van der Waals surface area (Å²) in [4.78, 5) is 14.3. The summed E-state index contributed by atoms with van der Waals surface area (Å²) < 4.78 is 6.70. The van der Waals surface area contributed by atoms with E-state index >= 15 is 0 Å². The number of carbonyl (C=O) groups excluding carboxylic acids is 1. The summed E-state index contributed by atoms with van der Waals surface area (Å²) in [6.45, 7) is 9.11. The number of halogens is 1. The van der Waals surface area contributed by atoms with Crippen molar-refractivity contribution in [2.45, 2.75) is 45.1 Å². The molecule has 2 amide bonds. The molecule has 0 aromatic heterocycles. The maximum absolute atomic E-state index is 12.4. The van der Waals surface area contributed by atoms with Gasteiger partial charge in [0.1, 0.15) is 0 Å². The van der Waals surface area contributed by atoms with Crippen LogP contribution in [0.4, 0.5) is 4.79 Å². The summed E-state index contributed by atoms with van der Waals surface area (Å²) in [6.07, 6.45) is 2.34. The first-order chi connectivity index (χ1) is 10.9. The average Bonchev–Trinajstić information content (AvgIpc) is 3.04. The van der Waals surface area contributed by atoms with Crippen molar-refractivity contribution in [1.29, 1.82) is 0 Å². The molecular weight excluding hydrogens is 356 g/mol. The highest BCUT2D eigenvalue weighted by molar-refractivity contribution is 9.10. The molecule has 1 aromatic rings. The molecular formula is C18H27BrN2O2. The Kier molecular flexibility index (Phi) is 6.48. The third-order valence-corrected chi connectivity index (χ3v) is 4.95. The minimum absolute atomic E-state index is 0.00631. The fourth-order valence-corrected chi connectivity index (χ4v) is 3.07. The average molecular weight is 383 g/mol. The number of hydrogen-bond acceptors (Lipinski definition) is 2. The Morgan fingerprint density at radius 3 is 2.65 bits per heavy atom. The number of likely N-dealkylation sites (N-methyl/N-ethyl adjacent to an activating group) is 1. The van der Waals surface area contributed by atoms with Crippen LogP contribution in [0.3, 0.4) is 0 Å². The fourth-order valence-electron chi connectivity index (χ4n) is 2.80. The quantitative estimate of drug-likeness (QED) is 0.809. The van der Waals surface area contributed by atoms with Crippen LogP contribution in [0.5, 0.6) is 0 Å². The van der Waals surface area contributed by atoms with Crippen molar-refractivity contribution < 1.29 is 9.53 Å². The van der Waals surface area contributed by atoms with Crippen LogP contribution in [0.15, 0.2) is 28.7 Å². The molecule has 0 saturated carbocycles. The molecule has 0 radical (unpaired) electrons. The lowest BCUT2D eigenvalue weighted by atomic mass is 9.85. The van der Waals surface area contributed by atoms with E-state index in [1.165, 1.54) is 5.56 Å². The standard InChI is InChI=1S/C18H27BrN2O2/c1-4-21(12-16-6-5-11-23-16)17(22)20-13-18(2,3)14-7-9-15(19)10-8-14/h7-10,16H,4-6,11-13H2,1-3H3,(H,20,22). The van der Waals surface area contributed by atoms with Gasteiger partial charge in [-0.1, -0.05) is 41.9 Å². The van der Waals surface area contributed by atoms with Crippen LogP contribution in [0, 0.1) is 0 Å². The van der Waals surface area contributed by atoms with E-state index in [9.17, 15) is 4.79 Å². The first kappa shape index (κ1) is 18.3. The molecule has 1 N–H and O–H groups in total. The number of amides is 2. The van der Waals surface area contributed by atoms with Crippen LogP contribution in [0.2, 0.25) is 0 Å². The predicted octanol–water partition coefficient (Wildman–Crippen LogP) is 3.94. The Morgan fingerprint density at radius 1 is 1.39 bits per heavy atom. The van der Waals surface area contributed by atoms with Crippen LogP contribution in [0.25, 0.3) is 0 Å². The van der Waals surface area contributed by atoms with E-state index in [0.29, 0.717) is 19.6 Å². The van der Waals surface area contributed by atoms with Gasteiger partial charge in [-0.25, -0.2) is 4.79 Å². The maximum atomic E-state index is 12.4. The molecule has 1 aromatic carbocycles. The van der Waals surface area contributed by atoms with Crippen molar-refractivity contribution in [3.63, 3.8) is 0 Å². The van der Waals surface area contributed by atoms with Crippen LogP contribution >= 0.6 is 15.9 Å². The molecule has 1 aliphatic rings. The number of benzene rings is 1. The van der Waals surface area contributed by atoms with Gasteiger partial charge in [0.05, 0.1) is 6.10 Å². The number of nitrogens with one attached hydrogen (secondary N) is 1. The van der Waals surface area contributed by atoms with E-state index in [1.807, 2.05) is 24.0 Å². The zero-order valence-electron chi connectivity index (χ0n) is 14.3. The molecule has 1 fully saturated rings. The Morgan fingerprint density at radius 2 is 2.09 bits per heavy atom. The Balaban J connectivity index is 1.89. The molecule has 1 aliphatic heterocycles. The van der Waals surface area contributed by atoms with Gasteiger partial charge in [-0.3, -0.25) is 0 Å². The number of carbonyl (C=O) groups is 1. The van der Waals surface area contributed by atoms with Gasteiger partial charge in [0.15, 0.2) is 0 Å². The molecule has 1 atom stereocenters. The monoisotopic (exact) mass is 382 g/mol. The van der Waals surface area contributed by atoms with Crippen molar-refractivity contribution in [2.75, 3.05) is 26.2 Å². The summed E-state index contributed by atoms with van der Waals surface area (Å²) in [5.74, 6) is 0. The first-order valence-electron chi connectivity index (χ1n) is 8.33. The number of ether oxygens (including phenoxy) is 1. The van der Waals surface area contributed by atoms with E-state index < -0.39 is 0 Å². The number of hydrogen-bond donors (Lipinski definition) is 1. The van der Waals surface area contributed by atoms with E-state index in [0.717, 1.165) is 23.9 Å². The van der Waals surface area contributed by atoms with Crippen molar-refractivity contribution in [1.82, 2.24) is 10.2 Å². The Labute approximate surface area is 147 Å². The molecule has 2 rings (SSSR count). The molecule has 0 spiro atoms. The Bertz CT molecular complexity index is 510. The second kappa shape index (κ2) is 8.15. The minimum atomic E-state index is -0.111. The number of rotatable bonds is 6. The molecule has 0 aliphatic carbocycles. The molecule has 1 saturated heterocycles. The largest absolute Gasteiger partial charge is 0.376 e. The van der Waals surface area contributed by atoms with Gasteiger partial charge in [-0.15, -0.1) is 0 Å². The van der Waals surface area contributed by atoms with Gasteiger partial charge in [0.25, 0.3) is 0 Å². The van der Waals surface area contributed by atoms with Gasteiger partial charge in [-0.2, -0.15) is 0 Å². The molecule has 4 nitrogen and oxygen atoms in total. The topological polar surface area (TPSA) is 41.6 Å². The zero-order chi connectivity index (χ0) is 16.9. The fraction of sp³-hybridized carbons (Fsp3) is 0.611. The van der Waals surface area contributed by atoms with Crippen LogP contribution in [-0.2, 0) is 10.2 Å². The van der Waals surface area contributed by atoms with E-state index in [4.69, 9.17) is 4.74 Å².